The van der Waals surface area contributed by atoms with E-state index in [2.05, 4.69) is 29.3 Å². The summed E-state index contributed by atoms with van der Waals surface area (Å²) >= 11 is 0. The summed E-state index contributed by atoms with van der Waals surface area (Å²) in [7, 11) is 0. The Hall–Kier alpha value is -2.07. The van der Waals surface area contributed by atoms with Crippen molar-refractivity contribution >= 4 is 12.0 Å². The molecule has 3 atom stereocenters. The average Bonchev–Trinajstić information content (AvgIpc) is 3.08. The minimum atomic E-state index is -0.149. The molecule has 24 heavy (non-hydrogen) atoms. The smallest absolute Gasteiger partial charge is 0.148 e. The van der Waals surface area contributed by atoms with Crippen LogP contribution in [0.4, 0.5) is 5.69 Å². The zero-order valence-corrected chi connectivity index (χ0v) is 13.9. The highest BCUT2D eigenvalue weighted by Crippen LogP contribution is 2.61. The normalized spacial score (nSPS) is 35.5. The van der Waals surface area contributed by atoms with Gasteiger partial charge < -0.3 is 10.4 Å². The Bertz CT molecular complexity index is 810. The van der Waals surface area contributed by atoms with Gasteiger partial charge in [-0.05, 0) is 44.4 Å². The Kier molecular flexibility index (Phi) is 2.82. The molecular weight excluding hydrogens is 300 g/mol. The topological polar surface area (TPSA) is 52.6 Å². The van der Waals surface area contributed by atoms with Crippen LogP contribution in [0.1, 0.15) is 31.7 Å². The van der Waals surface area contributed by atoms with Gasteiger partial charge in [0, 0.05) is 29.8 Å². The van der Waals surface area contributed by atoms with E-state index in [0.717, 1.165) is 55.6 Å². The fourth-order valence-corrected chi connectivity index (χ4v) is 5.73. The van der Waals surface area contributed by atoms with Gasteiger partial charge in [0.25, 0.3) is 0 Å². The lowest BCUT2D eigenvalue weighted by atomic mass is 9.63. The van der Waals surface area contributed by atoms with Crippen LogP contribution in [0.5, 0.6) is 5.75 Å². The van der Waals surface area contributed by atoms with Crippen LogP contribution in [0.3, 0.4) is 0 Å². The van der Waals surface area contributed by atoms with Gasteiger partial charge in [-0.15, -0.1) is 0 Å². The van der Waals surface area contributed by atoms with Gasteiger partial charge in [-0.2, -0.15) is 0 Å². The molecule has 3 heterocycles. The molecule has 1 aromatic rings. The lowest BCUT2D eigenvalue weighted by Gasteiger charge is -2.42. The van der Waals surface area contributed by atoms with Gasteiger partial charge in [-0.25, -0.2) is 0 Å². The number of allylic oxidation sites excluding steroid dienone is 2. The molecule has 4 heteroatoms. The Morgan fingerprint density at radius 3 is 3.04 bits per heavy atom. The summed E-state index contributed by atoms with van der Waals surface area (Å²) in [6.45, 7) is 4.21. The summed E-state index contributed by atoms with van der Waals surface area (Å²) in [4.78, 5) is 14.7. The molecule has 0 saturated carbocycles. The number of hydrogen-bond donors (Lipinski definition) is 2. The molecule has 124 valence electrons. The summed E-state index contributed by atoms with van der Waals surface area (Å²) < 4.78 is 0. The molecule has 2 fully saturated rings. The van der Waals surface area contributed by atoms with Crippen LogP contribution in [0.25, 0.3) is 0 Å². The molecule has 1 aromatic carbocycles. The second kappa shape index (κ2) is 4.73. The second-order valence-electron chi connectivity index (χ2n) is 7.45. The van der Waals surface area contributed by atoms with Crippen LogP contribution in [-0.2, 0) is 10.2 Å². The lowest BCUT2D eigenvalue weighted by Crippen LogP contribution is -2.47. The first kappa shape index (κ1) is 14.3. The Morgan fingerprint density at radius 2 is 2.25 bits per heavy atom. The van der Waals surface area contributed by atoms with Gasteiger partial charge in [0.1, 0.15) is 12.0 Å². The van der Waals surface area contributed by atoms with Crippen LogP contribution in [0.2, 0.25) is 0 Å². The van der Waals surface area contributed by atoms with Crippen molar-refractivity contribution in [1.82, 2.24) is 4.90 Å². The predicted octanol–water partition coefficient (Wildman–Crippen LogP) is 2.95. The maximum absolute atomic E-state index is 12.1. The number of para-hydroxylation sites is 1. The van der Waals surface area contributed by atoms with Gasteiger partial charge in [0.15, 0.2) is 0 Å². The van der Waals surface area contributed by atoms with Crippen LogP contribution >= 0.6 is 0 Å². The van der Waals surface area contributed by atoms with Crippen molar-refractivity contribution in [3.8, 4) is 5.75 Å². The predicted molar refractivity (Wildman–Crippen MR) is 93.0 cm³/mol. The third-order valence-corrected chi connectivity index (χ3v) is 6.78. The zero-order chi connectivity index (χ0) is 16.5. The van der Waals surface area contributed by atoms with Gasteiger partial charge in [-0.3, -0.25) is 9.69 Å². The van der Waals surface area contributed by atoms with E-state index in [0.29, 0.717) is 6.04 Å². The molecule has 0 amide bonds. The number of fused-ring (bicyclic) bond motifs is 2. The molecule has 3 unspecified atom stereocenters. The first-order chi connectivity index (χ1) is 11.7. The number of phenolic OH excluding ortho intramolecular Hbond substituents is 1. The number of anilines is 1. The number of aromatic hydroxyl groups is 1. The summed E-state index contributed by atoms with van der Waals surface area (Å²) in [5.74, 6) is 0.499. The van der Waals surface area contributed by atoms with E-state index in [-0.39, 0.29) is 17.1 Å². The van der Waals surface area contributed by atoms with Crippen LogP contribution in [0, 0.1) is 5.92 Å². The van der Waals surface area contributed by atoms with E-state index in [4.69, 9.17) is 0 Å². The molecule has 2 bridgehead atoms. The standard InChI is InChI=1S/C20H22N2O2/c1-2-12-6-8-22-9-7-20-15-4-3-5-16(24)18(15)21-19(20)14(11-23)13(12)10-17(20)22/h2-5,11,13,17,21,24H,6-10H2,1H3. The fraction of sp³-hybridized carbons (Fsp3) is 0.450. The highest BCUT2D eigenvalue weighted by molar-refractivity contribution is 5.86. The van der Waals surface area contributed by atoms with Gasteiger partial charge in [0.05, 0.1) is 11.1 Å². The summed E-state index contributed by atoms with van der Waals surface area (Å²) in [5, 5.41) is 13.8. The van der Waals surface area contributed by atoms with E-state index in [9.17, 15) is 9.90 Å². The van der Waals surface area contributed by atoms with E-state index in [1.54, 1.807) is 6.07 Å². The Morgan fingerprint density at radius 1 is 1.38 bits per heavy atom. The van der Waals surface area contributed by atoms with Crippen molar-refractivity contribution in [3.05, 3.63) is 46.7 Å². The lowest BCUT2D eigenvalue weighted by molar-refractivity contribution is -0.105. The van der Waals surface area contributed by atoms with Gasteiger partial charge >= 0.3 is 0 Å². The summed E-state index contributed by atoms with van der Waals surface area (Å²) in [5.41, 5.74) is 5.17. The quantitative estimate of drug-likeness (QED) is 0.474. The molecule has 4 aliphatic rings. The Balaban J connectivity index is 1.83. The molecule has 4 nitrogen and oxygen atoms in total. The van der Waals surface area contributed by atoms with Crippen LogP contribution < -0.4 is 5.32 Å². The van der Waals surface area contributed by atoms with Crippen molar-refractivity contribution < 1.29 is 9.90 Å². The third kappa shape index (κ3) is 1.50. The Labute approximate surface area is 141 Å². The number of aldehydes is 1. The monoisotopic (exact) mass is 322 g/mol. The molecule has 2 saturated heterocycles. The van der Waals surface area contributed by atoms with E-state index >= 15 is 0 Å². The minimum Gasteiger partial charge on any atom is -0.506 e. The van der Waals surface area contributed by atoms with Gasteiger partial charge in [-0.1, -0.05) is 23.8 Å². The molecule has 5 rings (SSSR count). The molecule has 0 aromatic heterocycles. The number of phenols is 1. The average molecular weight is 322 g/mol. The maximum atomic E-state index is 12.1. The highest BCUT2D eigenvalue weighted by atomic mass is 16.3. The van der Waals surface area contributed by atoms with E-state index in [1.165, 1.54) is 11.1 Å². The van der Waals surface area contributed by atoms with Crippen LogP contribution in [0.15, 0.2) is 41.1 Å². The SMILES string of the molecule is CC=C1CCN2CCC34C(=C(C=O)C1CC23)Nc1c(O)cccc14. The summed E-state index contributed by atoms with van der Waals surface area (Å²) in [6.07, 6.45) is 6.33. The molecule has 0 radical (unpaired) electrons. The molecule has 1 aliphatic carbocycles. The largest absolute Gasteiger partial charge is 0.506 e. The molecular formula is C20H22N2O2. The number of carbonyl (C=O) groups excluding carboxylic acids is 1. The highest BCUT2D eigenvalue weighted by Gasteiger charge is 2.60. The number of rotatable bonds is 1. The number of nitrogens with zero attached hydrogens (tertiary/aromatic N) is 1. The third-order valence-electron chi connectivity index (χ3n) is 6.78. The molecule has 2 N–H and O–H groups in total. The fourth-order valence-electron chi connectivity index (χ4n) is 5.73. The first-order valence-electron chi connectivity index (χ1n) is 8.89. The van der Waals surface area contributed by atoms with Crippen molar-refractivity contribution in [3.63, 3.8) is 0 Å². The number of nitrogens with one attached hydrogen (secondary N) is 1. The van der Waals surface area contributed by atoms with Gasteiger partial charge in [0.2, 0.25) is 0 Å². The van der Waals surface area contributed by atoms with Crippen LogP contribution in [-0.4, -0.2) is 35.4 Å². The zero-order valence-electron chi connectivity index (χ0n) is 13.9. The minimum absolute atomic E-state index is 0.149. The number of benzene rings is 1. The molecule has 3 aliphatic heterocycles. The van der Waals surface area contributed by atoms with Crippen molar-refractivity contribution in [2.75, 3.05) is 18.4 Å². The van der Waals surface area contributed by atoms with E-state index < -0.39 is 0 Å². The van der Waals surface area contributed by atoms with Crippen molar-refractivity contribution in [2.45, 2.75) is 37.6 Å². The van der Waals surface area contributed by atoms with Crippen molar-refractivity contribution in [1.29, 1.82) is 0 Å². The number of carbonyl (C=O) groups is 1. The summed E-state index contributed by atoms with van der Waals surface area (Å²) in [6, 6.07) is 6.19. The molecule has 1 spiro atoms. The first-order valence-corrected chi connectivity index (χ1v) is 8.89. The van der Waals surface area contributed by atoms with E-state index in [1.807, 2.05) is 6.07 Å². The number of hydrogen-bond acceptors (Lipinski definition) is 4. The second-order valence-corrected chi connectivity index (χ2v) is 7.45. The van der Waals surface area contributed by atoms with Crippen molar-refractivity contribution in [2.24, 2.45) is 5.92 Å². The maximum Gasteiger partial charge on any atom is 0.148 e.